The maximum Gasteiger partial charge on any atom is 0.175 e. The van der Waals surface area contributed by atoms with Crippen molar-refractivity contribution in [1.82, 2.24) is 0 Å². The van der Waals surface area contributed by atoms with Crippen molar-refractivity contribution in [2.75, 3.05) is 0 Å². The van der Waals surface area contributed by atoms with Crippen molar-refractivity contribution in [3.63, 3.8) is 0 Å². The van der Waals surface area contributed by atoms with E-state index in [1.54, 1.807) is 6.21 Å². The van der Waals surface area contributed by atoms with Gasteiger partial charge in [-0.2, -0.15) is 0 Å². The van der Waals surface area contributed by atoms with Gasteiger partial charge in [-0.3, -0.25) is 4.79 Å². The Kier molecular flexibility index (Phi) is 2.34. The highest BCUT2D eigenvalue weighted by atomic mass is 79.9. The molecule has 0 fully saturated rings. The van der Waals surface area contributed by atoms with Gasteiger partial charge < -0.3 is 0 Å². The minimum atomic E-state index is -0.0293. The number of Topliss-reactive ketones (excluding diaryl/α,β-unsaturated/α-hetero) is 1. The number of nitrogens with zero attached hydrogens (tertiary/aromatic N) is 1. The molecule has 0 aromatic carbocycles. The number of ketones is 1. The summed E-state index contributed by atoms with van der Waals surface area (Å²) in [6.07, 6.45) is 2.58. The predicted molar refractivity (Wildman–Crippen MR) is 58.3 cm³/mol. The number of fused-ring (bicyclic) bond motifs is 1. The van der Waals surface area contributed by atoms with Gasteiger partial charge in [-0.15, -0.1) is 11.3 Å². The largest absolute Gasteiger partial charge is 0.293 e. The summed E-state index contributed by atoms with van der Waals surface area (Å²) in [4.78, 5) is 16.1. The highest BCUT2D eigenvalue weighted by Gasteiger charge is 2.26. The Hall–Kier alpha value is -0.480. The van der Waals surface area contributed by atoms with Crippen molar-refractivity contribution in [2.45, 2.75) is 13.3 Å². The SMILES string of the molecule is CCC1C=Nc2scc(Br)c2C1=O. The molecule has 0 radical (unpaired) electrons. The van der Waals surface area contributed by atoms with Gasteiger partial charge in [-0.25, -0.2) is 4.99 Å². The summed E-state index contributed by atoms with van der Waals surface area (Å²) < 4.78 is 0.882. The lowest BCUT2D eigenvalue weighted by molar-refractivity contribution is 0.0953. The minimum absolute atomic E-state index is 0.0293. The zero-order valence-corrected chi connectivity index (χ0v) is 9.48. The van der Waals surface area contributed by atoms with Gasteiger partial charge in [0, 0.05) is 16.1 Å². The van der Waals surface area contributed by atoms with Crippen LogP contribution in [0.1, 0.15) is 23.7 Å². The molecule has 1 atom stereocenters. The van der Waals surface area contributed by atoms with E-state index in [1.165, 1.54) is 11.3 Å². The third-order valence-electron chi connectivity index (χ3n) is 2.12. The van der Waals surface area contributed by atoms with Crippen LogP contribution in [-0.4, -0.2) is 12.0 Å². The van der Waals surface area contributed by atoms with Crippen molar-refractivity contribution in [3.8, 4) is 0 Å². The highest BCUT2D eigenvalue weighted by molar-refractivity contribution is 9.10. The number of carbonyl (C=O) groups excluding carboxylic acids is 1. The van der Waals surface area contributed by atoms with Crippen LogP contribution in [0.5, 0.6) is 0 Å². The van der Waals surface area contributed by atoms with Gasteiger partial charge in [-0.1, -0.05) is 6.92 Å². The zero-order chi connectivity index (χ0) is 9.42. The Bertz CT molecular complexity index is 383. The second kappa shape index (κ2) is 3.35. The number of carbonyl (C=O) groups is 1. The van der Waals surface area contributed by atoms with Gasteiger partial charge in [0.1, 0.15) is 5.00 Å². The smallest absolute Gasteiger partial charge is 0.175 e. The molecule has 0 spiro atoms. The molecule has 0 saturated heterocycles. The third-order valence-corrected chi connectivity index (χ3v) is 3.94. The van der Waals surface area contributed by atoms with E-state index in [4.69, 9.17) is 0 Å². The molecule has 2 rings (SSSR count). The second-order valence-corrected chi connectivity index (χ2v) is 4.63. The molecule has 13 heavy (non-hydrogen) atoms. The second-order valence-electron chi connectivity index (χ2n) is 2.92. The Morgan fingerprint density at radius 2 is 2.46 bits per heavy atom. The van der Waals surface area contributed by atoms with Crippen molar-refractivity contribution < 1.29 is 4.79 Å². The fourth-order valence-corrected chi connectivity index (χ4v) is 2.93. The Labute approximate surface area is 88.8 Å². The first-order valence-corrected chi connectivity index (χ1v) is 5.76. The monoisotopic (exact) mass is 257 g/mol. The highest BCUT2D eigenvalue weighted by Crippen LogP contribution is 2.38. The van der Waals surface area contributed by atoms with Gasteiger partial charge in [0.05, 0.1) is 11.5 Å². The number of hydrogen-bond donors (Lipinski definition) is 0. The van der Waals surface area contributed by atoms with Gasteiger partial charge in [0.2, 0.25) is 0 Å². The molecule has 1 aliphatic heterocycles. The number of rotatable bonds is 1. The molecule has 1 aromatic rings. The lowest BCUT2D eigenvalue weighted by Gasteiger charge is -2.12. The molecule has 4 heteroatoms. The summed E-state index contributed by atoms with van der Waals surface area (Å²) in [6, 6.07) is 0. The van der Waals surface area contributed by atoms with Crippen molar-refractivity contribution in [2.24, 2.45) is 10.9 Å². The van der Waals surface area contributed by atoms with E-state index in [-0.39, 0.29) is 11.7 Å². The van der Waals surface area contributed by atoms with Gasteiger partial charge >= 0.3 is 0 Å². The number of halogens is 1. The van der Waals surface area contributed by atoms with Crippen molar-refractivity contribution >= 4 is 44.3 Å². The summed E-state index contributed by atoms with van der Waals surface area (Å²) in [5, 5.41) is 2.75. The van der Waals surface area contributed by atoms with E-state index in [2.05, 4.69) is 20.9 Å². The lowest BCUT2D eigenvalue weighted by atomic mass is 9.96. The normalized spacial score (nSPS) is 20.5. The van der Waals surface area contributed by atoms with Crippen LogP contribution < -0.4 is 0 Å². The molecule has 1 unspecified atom stereocenters. The fourth-order valence-electron chi connectivity index (χ4n) is 1.35. The first-order chi connectivity index (χ1) is 6.24. The number of aliphatic imine (C=N–C) groups is 1. The number of thiophene rings is 1. The molecule has 1 aromatic heterocycles. The van der Waals surface area contributed by atoms with E-state index in [0.29, 0.717) is 0 Å². The maximum atomic E-state index is 11.8. The van der Waals surface area contributed by atoms with E-state index in [1.807, 2.05) is 12.3 Å². The van der Waals surface area contributed by atoms with E-state index in [9.17, 15) is 4.79 Å². The van der Waals surface area contributed by atoms with Crippen molar-refractivity contribution in [1.29, 1.82) is 0 Å². The molecule has 1 aliphatic rings. The van der Waals surface area contributed by atoms with Crippen LogP contribution >= 0.6 is 27.3 Å². The van der Waals surface area contributed by atoms with Crippen LogP contribution in [-0.2, 0) is 0 Å². The van der Waals surface area contributed by atoms with Gasteiger partial charge in [0.15, 0.2) is 5.78 Å². The molecular weight excluding hydrogens is 250 g/mol. The first-order valence-electron chi connectivity index (χ1n) is 4.09. The van der Waals surface area contributed by atoms with Gasteiger partial charge in [-0.05, 0) is 22.4 Å². The maximum absolute atomic E-state index is 11.8. The Morgan fingerprint density at radius 1 is 1.69 bits per heavy atom. The van der Waals surface area contributed by atoms with Crippen LogP contribution in [0.4, 0.5) is 5.00 Å². The standard InChI is InChI=1S/C9H8BrNOS/c1-2-5-3-11-9-7(8(5)12)6(10)4-13-9/h3-5H,2H2,1H3. The van der Waals surface area contributed by atoms with Crippen LogP contribution in [0.3, 0.4) is 0 Å². The first kappa shape index (κ1) is 9.09. The molecule has 2 nitrogen and oxygen atoms in total. The van der Waals surface area contributed by atoms with E-state index in [0.717, 1.165) is 21.5 Å². The fraction of sp³-hybridized carbons (Fsp3) is 0.333. The van der Waals surface area contributed by atoms with Gasteiger partial charge in [0.25, 0.3) is 0 Å². The summed E-state index contributed by atoms with van der Waals surface area (Å²) in [5.41, 5.74) is 0.763. The van der Waals surface area contributed by atoms with E-state index >= 15 is 0 Å². The van der Waals surface area contributed by atoms with Crippen molar-refractivity contribution in [3.05, 3.63) is 15.4 Å². The molecular formula is C9H8BrNOS. The van der Waals surface area contributed by atoms with E-state index < -0.39 is 0 Å². The summed E-state index contributed by atoms with van der Waals surface area (Å²) in [7, 11) is 0. The molecule has 0 aliphatic carbocycles. The average molecular weight is 258 g/mol. The summed E-state index contributed by atoms with van der Waals surface area (Å²) in [6.45, 7) is 2.00. The zero-order valence-electron chi connectivity index (χ0n) is 7.08. The Morgan fingerprint density at radius 3 is 3.15 bits per heavy atom. The lowest BCUT2D eigenvalue weighted by Crippen LogP contribution is -2.17. The average Bonchev–Trinajstić information content (AvgIpc) is 2.49. The topological polar surface area (TPSA) is 29.4 Å². The van der Waals surface area contributed by atoms with Crippen LogP contribution in [0.25, 0.3) is 0 Å². The molecule has 68 valence electrons. The molecule has 0 saturated carbocycles. The molecule has 0 N–H and O–H groups in total. The molecule has 0 bridgehead atoms. The molecule has 0 amide bonds. The predicted octanol–water partition coefficient (Wildman–Crippen LogP) is 3.44. The summed E-state index contributed by atoms with van der Waals surface area (Å²) >= 11 is 4.87. The molecule has 2 heterocycles. The van der Waals surface area contributed by atoms with Crippen LogP contribution in [0.2, 0.25) is 0 Å². The van der Waals surface area contributed by atoms with Crippen LogP contribution in [0.15, 0.2) is 14.8 Å². The summed E-state index contributed by atoms with van der Waals surface area (Å²) in [5.74, 6) is 0.166. The number of hydrogen-bond acceptors (Lipinski definition) is 3. The Balaban J connectivity index is 2.51. The third kappa shape index (κ3) is 1.38. The minimum Gasteiger partial charge on any atom is -0.293 e. The van der Waals surface area contributed by atoms with Crippen LogP contribution in [0, 0.1) is 5.92 Å². The quantitative estimate of drug-likeness (QED) is 0.758.